The van der Waals surface area contributed by atoms with Crippen molar-refractivity contribution in [3.8, 4) is 5.75 Å². The van der Waals surface area contributed by atoms with Gasteiger partial charge in [0.2, 0.25) is 0 Å². The monoisotopic (exact) mass is 256 g/mol. The maximum Gasteiger partial charge on any atom is 0.122 e. The smallest absolute Gasteiger partial charge is 0.122 e. The summed E-state index contributed by atoms with van der Waals surface area (Å²) in [6.45, 7) is 3.38. The molecule has 0 amide bonds. The molecule has 3 rings (SSSR count). The molecule has 19 heavy (non-hydrogen) atoms. The highest BCUT2D eigenvalue weighted by molar-refractivity contribution is 5.36. The number of nitrogens with zero attached hydrogens (tertiary/aromatic N) is 2. The molecule has 1 unspecified atom stereocenters. The zero-order valence-electron chi connectivity index (χ0n) is 11.6. The van der Waals surface area contributed by atoms with Crippen LogP contribution in [0.3, 0.4) is 0 Å². The molecule has 2 aromatic rings. The number of ether oxygens (including phenoxy) is 1. The van der Waals surface area contributed by atoms with E-state index in [1.807, 2.05) is 12.1 Å². The van der Waals surface area contributed by atoms with Crippen LogP contribution in [0.1, 0.15) is 42.8 Å². The molecule has 3 nitrogen and oxygen atoms in total. The number of hydrogen-bond donors (Lipinski definition) is 0. The first-order valence-corrected chi connectivity index (χ1v) is 6.96. The predicted octanol–water partition coefficient (Wildman–Crippen LogP) is 3.38. The molecule has 0 N–H and O–H groups in total. The van der Waals surface area contributed by atoms with E-state index in [0.717, 1.165) is 24.4 Å². The Hall–Kier alpha value is -1.77. The average Bonchev–Trinajstić information content (AvgIpc) is 2.83. The van der Waals surface area contributed by atoms with Gasteiger partial charge in [-0.05, 0) is 18.9 Å². The standard InChI is InChI=1S/C16H20N2O/c1-12-6-5-9-18-11-14(17-16(12)18)10-13-7-3-4-8-15(13)19-2/h3-4,7-8,11-12H,5-6,9-10H2,1-2H3. The molecular weight excluding hydrogens is 236 g/mol. The van der Waals surface area contributed by atoms with E-state index in [-0.39, 0.29) is 0 Å². The van der Waals surface area contributed by atoms with Gasteiger partial charge < -0.3 is 9.30 Å². The molecule has 100 valence electrons. The molecule has 0 saturated carbocycles. The van der Waals surface area contributed by atoms with Crippen molar-refractivity contribution < 1.29 is 4.74 Å². The van der Waals surface area contributed by atoms with Crippen molar-refractivity contribution in [2.75, 3.05) is 7.11 Å². The summed E-state index contributed by atoms with van der Waals surface area (Å²) in [5, 5.41) is 0. The molecule has 1 aliphatic rings. The highest BCUT2D eigenvalue weighted by atomic mass is 16.5. The summed E-state index contributed by atoms with van der Waals surface area (Å²) in [7, 11) is 1.72. The van der Waals surface area contributed by atoms with E-state index in [0.29, 0.717) is 5.92 Å². The van der Waals surface area contributed by atoms with Crippen LogP contribution < -0.4 is 4.74 Å². The summed E-state index contributed by atoms with van der Waals surface area (Å²) in [5.41, 5.74) is 2.35. The molecule has 0 bridgehead atoms. The van der Waals surface area contributed by atoms with Crippen LogP contribution >= 0.6 is 0 Å². The molecule has 3 heteroatoms. The fraction of sp³-hybridized carbons (Fsp3) is 0.438. The quantitative estimate of drug-likeness (QED) is 0.841. The van der Waals surface area contributed by atoms with Gasteiger partial charge in [0.05, 0.1) is 12.8 Å². The van der Waals surface area contributed by atoms with Crippen LogP contribution in [0.2, 0.25) is 0 Å². The maximum atomic E-state index is 5.41. The Bertz CT molecular complexity index is 574. The molecule has 2 heterocycles. The third kappa shape index (κ3) is 2.37. The van der Waals surface area contributed by atoms with Crippen LogP contribution in [-0.4, -0.2) is 16.7 Å². The van der Waals surface area contributed by atoms with Gasteiger partial charge in [0.25, 0.3) is 0 Å². The van der Waals surface area contributed by atoms with E-state index in [4.69, 9.17) is 9.72 Å². The van der Waals surface area contributed by atoms with Crippen molar-refractivity contribution in [3.63, 3.8) is 0 Å². The summed E-state index contributed by atoms with van der Waals surface area (Å²) < 4.78 is 7.72. The first-order chi connectivity index (χ1) is 9.28. The van der Waals surface area contributed by atoms with Crippen molar-refractivity contribution >= 4 is 0 Å². The average molecular weight is 256 g/mol. The highest BCUT2D eigenvalue weighted by Gasteiger charge is 2.19. The number of methoxy groups -OCH3 is 1. The fourth-order valence-electron chi connectivity index (χ4n) is 2.88. The number of benzene rings is 1. The van der Waals surface area contributed by atoms with Crippen LogP contribution in [-0.2, 0) is 13.0 Å². The van der Waals surface area contributed by atoms with Crippen molar-refractivity contribution in [1.82, 2.24) is 9.55 Å². The van der Waals surface area contributed by atoms with Gasteiger partial charge in [-0.25, -0.2) is 4.98 Å². The first-order valence-electron chi connectivity index (χ1n) is 6.96. The Kier molecular flexibility index (Phi) is 3.28. The number of imidazole rings is 1. The lowest BCUT2D eigenvalue weighted by Crippen LogP contribution is -2.12. The summed E-state index contributed by atoms with van der Waals surface area (Å²) in [6, 6.07) is 8.17. The van der Waals surface area contributed by atoms with Crippen molar-refractivity contribution in [2.45, 2.75) is 38.6 Å². The van der Waals surface area contributed by atoms with Gasteiger partial charge in [0, 0.05) is 30.6 Å². The molecular formula is C16H20N2O. The van der Waals surface area contributed by atoms with E-state index in [1.54, 1.807) is 7.11 Å². The Morgan fingerprint density at radius 3 is 3.00 bits per heavy atom. The van der Waals surface area contributed by atoms with Crippen molar-refractivity contribution in [1.29, 1.82) is 0 Å². The predicted molar refractivity (Wildman–Crippen MR) is 75.7 cm³/mol. The first kappa shape index (κ1) is 12.3. The molecule has 0 spiro atoms. The molecule has 0 saturated heterocycles. The van der Waals surface area contributed by atoms with Crippen LogP contribution in [0.25, 0.3) is 0 Å². The second-order valence-corrected chi connectivity index (χ2v) is 5.32. The molecule has 1 atom stereocenters. The second-order valence-electron chi connectivity index (χ2n) is 5.32. The van der Waals surface area contributed by atoms with E-state index < -0.39 is 0 Å². The Morgan fingerprint density at radius 2 is 2.21 bits per heavy atom. The fourth-order valence-corrected chi connectivity index (χ4v) is 2.88. The largest absolute Gasteiger partial charge is 0.496 e. The summed E-state index contributed by atoms with van der Waals surface area (Å²) in [4.78, 5) is 4.81. The van der Waals surface area contributed by atoms with Crippen LogP contribution in [0, 0.1) is 0 Å². The van der Waals surface area contributed by atoms with Crippen LogP contribution in [0.15, 0.2) is 30.5 Å². The number of fused-ring (bicyclic) bond motifs is 1. The van der Waals surface area contributed by atoms with Crippen LogP contribution in [0.5, 0.6) is 5.75 Å². The Labute approximate surface area is 114 Å². The molecule has 1 aromatic heterocycles. The third-order valence-electron chi connectivity index (χ3n) is 3.90. The van der Waals surface area contributed by atoms with Gasteiger partial charge in [-0.15, -0.1) is 0 Å². The Balaban J connectivity index is 1.88. The lowest BCUT2D eigenvalue weighted by atomic mass is 10.0. The van der Waals surface area contributed by atoms with E-state index in [1.165, 1.54) is 24.2 Å². The third-order valence-corrected chi connectivity index (χ3v) is 3.90. The maximum absolute atomic E-state index is 5.41. The number of para-hydroxylation sites is 1. The Morgan fingerprint density at radius 1 is 1.37 bits per heavy atom. The number of rotatable bonds is 3. The lowest BCUT2D eigenvalue weighted by Gasteiger charge is -2.19. The normalized spacial score (nSPS) is 18.1. The van der Waals surface area contributed by atoms with Gasteiger partial charge in [-0.1, -0.05) is 25.1 Å². The van der Waals surface area contributed by atoms with Gasteiger partial charge in [0.15, 0.2) is 0 Å². The number of aryl methyl sites for hydroxylation is 1. The van der Waals surface area contributed by atoms with Gasteiger partial charge in [-0.2, -0.15) is 0 Å². The lowest BCUT2D eigenvalue weighted by molar-refractivity contribution is 0.410. The molecule has 0 radical (unpaired) electrons. The summed E-state index contributed by atoms with van der Waals surface area (Å²) in [5.74, 6) is 2.78. The van der Waals surface area contributed by atoms with Gasteiger partial charge in [0.1, 0.15) is 11.6 Å². The summed E-state index contributed by atoms with van der Waals surface area (Å²) in [6.07, 6.45) is 5.57. The van der Waals surface area contributed by atoms with Gasteiger partial charge in [-0.3, -0.25) is 0 Å². The minimum atomic E-state index is 0.583. The number of hydrogen-bond acceptors (Lipinski definition) is 2. The highest BCUT2D eigenvalue weighted by Crippen LogP contribution is 2.27. The minimum absolute atomic E-state index is 0.583. The van der Waals surface area contributed by atoms with Crippen LogP contribution in [0.4, 0.5) is 0 Å². The zero-order valence-corrected chi connectivity index (χ0v) is 11.6. The van der Waals surface area contributed by atoms with Gasteiger partial charge >= 0.3 is 0 Å². The SMILES string of the molecule is COc1ccccc1Cc1cn2c(n1)C(C)CCC2. The van der Waals surface area contributed by atoms with Crippen molar-refractivity contribution in [2.24, 2.45) is 0 Å². The van der Waals surface area contributed by atoms with E-state index >= 15 is 0 Å². The van der Waals surface area contributed by atoms with E-state index in [2.05, 4.69) is 29.8 Å². The minimum Gasteiger partial charge on any atom is -0.496 e. The van der Waals surface area contributed by atoms with Crippen molar-refractivity contribution in [3.05, 3.63) is 47.5 Å². The second kappa shape index (κ2) is 5.08. The molecule has 0 fully saturated rings. The summed E-state index contributed by atoms with van der Waals surface area (Å²) >= 11 is 0. The van der Waals surface area contributed by atoms with E-state index in [9.17, 15) is 0 Å². The zero-order chi connectivity index (χ0) is 13.2. The molecule has 1 aromatic carbocycles. The number of aromatic nitrogens is 2. The molecule has 0 aliphatic carbocycles. The topological polar surface area (TPSA) is 27.1 Å². The molecule has 1 aliphatic heterocycles.